The topological polar surface area (TPSA) is 44.1 Å². The van der Waals surface area contributed by atoms with Crippen LogP contribution < -0.4 is 5.56 Å². The van der Waals surface area contributed by atoms with Crippen molar-refractivity contribution in [2.24, 2.45) is 0 Å². The Bertz CT molecular complexity index is 662. The van der Waals surface area contributed by atoms with Crippen molar-refractivity contribution in [1.29, 1.82) is 0 Å². The van der Waals surface area contributed by atoms with Crippen molar-refractivity contribution in [2.45, 2.75) is 37.6 Å². The van der Waals surface area contributed by atoms with Gasteiger partial charge in [0.05, 0.1) is 23.6 Å². The predicted octanol–water partition coefficient (Wildman–Crippen LogP) is 2.69. The molecule has 1 aromatic carbocycles. The average Bonchev–Trinajstić information content (AvgIpc) is 2.96. The molecule has 2 heterocycles. The van der Waals surface area contributed by atoms with Gasteiger partial charge < -0.3 is 4.74 Å². The first-order valence-corrected chi connectivity index (χ1v) is 8.02. The van der Waals surface area contributed by atoms with Crippen LogP contribution in [0.5, 0.6) is 0 Å². The zero-order valence-corrected chi connectivity index (χ0v) is 12.4. The summed E-state index contributed by atoms with van der Waals surface area (Å²) in [7, 11) is 0. The Hall–Kier alpha value is -1.33. The Morgan fingerprint density at radius 1 is 1.45 bits per heavy atom. The quantitative estimate of drug-likeness (QED) is 0.641. The van der Waals surface area contributed by atoms with Gasteiger partial charge in [-0.1, -0.05) is 30.8 Å². The first-order chi connectivity index (χ1) is 9.79. The van der Waals surface area contributed by atoms with Gasteiger partial charge in [0.2, 0.25) is 0 Å². The number of ether oxygens (including phenoxy) is 1. The fourth-order valence-electron chi connectivity index (χ4n) is 2.54. The van der Waals surface area contributed by atoms with Gasteiger partial charge in [0, 0.05) is 6.61 Å². The number of nitrogens with zero attached hydrogens (tertiary/aromatic N) is 2. The van der Waals surface area contributed by atoms with Crippen molar-refractivity contribution in [3.63, 3.8) is 0 Å². The smallest absolute Gasteiger partial charge is 0.262 e. The Kier molecular flexibility index (Phi) is 4.08. The minimum Gasteiger partial charge on any atom is -0.376 e. The first-order valence-electron chi connectivity index (χ1n) is 7.03. The van der Waals surface area contributed by atoms with E-state index in [1.165, 1.54) is 0 Å². The number of rotatable bonds is 4. The number of hydrogen-bond acceptors (Lipinski definition) is 4. The van der Waals surface area contributed by atoms with Crippen molar-refractivity contribution in [2.75, 3.05) is 12.4 Å². The molecule has 1 saturated heterocycles. The van der Waals surface area contributed by atoms with Crippen LogP contribution in [0.25, 0.3) is 10.9 Å². The third-order valence-electron chi connectivity index (χ3n) is 3.51. The summed E-state index contributed by atoms with van der Waals surface area (Å²) in [6.45, 7) is 3.48. The lowest BCUT2D eigenvalue weighted by atomic mass is 10.2. The van der Waals surface area contributed by atoms with E-state index < -0.39 is 0 Å². The summed E-state index contributed by atoms with van der Waals surface area (Å²) in [5.41, 5.74) is 0.819. The van der Waals surface area contributed by atoms with Gasteiger partial charge in [-0.2, -0.15) is 0 Å². The van der Waals surface area contributed by atoms with Crippen LogP contribution in [0.3, 0.4) is 0 Å². The molecule has 0 aliphatic carbocycles. The number of aromatic nitrogens is 2. The largest absolute Gasteiger partial charge is 0.376 e. The highest BCUT2D eigenvalue weighted by Gasteiger charge is 2.19. The molecule has 1 atom stereocenters. The van der Waals surface area contributed by atoms with Crippen LogP contribution in [0.15, 0.2) is 34.2 Å². The van der Waals surface area contributed by atoms with E-state index in [9.17, 15) is 4.79 Å². The molecule has 2 aromatic rings. The van der Waals surface area contributed by atoms with E-state index in [-0.39, 0.29) is 11.7 Å². The standard InChI is InChI=1S/C15H18N2O2S/c1-2-20-15-16-13-8-4-3-7-12(13)14(18)17(15)10-11-6-5-9-19-11/h3-4,7-8,11H,2,5-6,9-10H2,1H3. The van der Waals surface area contributed by atoms with Gasteiger partial charge in [-0.3, -0.25) is 9.36 Å². The summed E-state index contributed by atoms with van der Waals surface area (Å²) in [6.07, 6.45) is 2.25. The van der Waals surface area contributed by atoms with Crippen LogP contribution in [0, 0.1) is 0 Å². The molecule has 4 nitrogen and oxygen atoms in total. The van der Waals surface area contributed by atoms with E-state index in [1.54, 1.807) is 16.3 Å². The third kappa shape index (κ3) is 2.60. The third-order valence-corrected chi connectivity index (χ3v) is 4.37. The maximum Gasteiger partial charge on any atom is 0.262 e. The first kappa shape index (κ1) is 13.6. The molecular weight excluding hydrogens is 272 g/mol. The Balaban J connectivity index is 2.08. The van der Waals surface area contributed by atoms with E-state index in [2.05, 4.69) is 11.9 Å². The van der Waals surface area contributed by atoms with Crippen molar-refractivity contribution < 1.29 is 4.74 Å². The summed E-state index contributed by atoms with van der Waals surface area (Å²) in [5.74, 6) is 0.899. The molecule has 0 radical (unpaired) electrons. The van der Waals surface area contributed by atoms with Crippen LogP contribution in [-0.2, 0) is 11.3 Å². The molecule has 3 rings (SSSR count). The van der Waals surface area contributed by atoms with Gasteiger partial charge >= 0.3 is 0 Å². The van der Waals surface area contributed by atoms with Crippen molar-refractivity contribution in [1.82, 2.24) is 9.55 Å². The highest BCUT2D eigenvalue weighted by molar-refractivity contribution is 7.99. The summed E-state index contributed by atoms with van der Waals surface area (Å²) in [6, 6.07) is 7.54. The van der Waals surface area contributed by atoms with Crippen molar-refractivity contribution in [3.05, 3.63) is 34.6 Å². The molecule has 1 fully saturated rings. The SMILES string of the molecule is CCSc1nc2ccccc2c(=O)n1CC1CCCO1. The monoisotopic (exact) mass is 290 g/mol. The van der Waals surface area contributed by atoms with E-state index in [0.717, 1.165) is 35.9 Å². The molecule has 1 unspecified atom stereocenters. The number of para-hydroxylation sites is 1. The number of thioether (sulfide) groups is 1. The van der Waals surface area contributed by atoms with Crippen LogP contribution in [0.4, 0.5) is 0 Å². The van der Waals surface area contributed by atoms with Gasteiger partial charge in [-0.25, -0.2) is 4.98 Å². The van der Waals surface area contributed by atoms with E-state index >= 15 is 0 Å². The highest BCUT2D eigenvalue weighted by Crippen LogP contribution is 2.20. The molecule has 0 bridgehead atoms. The summed E-state index contributed by atoms with van der Waals surface area (Å²) < 4.78 is 7.44. The second-order valence-electron chi connectivity index (χ2n) is 4.90. The van der Waals surface area contributed by atoms with Crippen molar-refractivity contribution >= 4 is 22.7 Å². The number of fused-ring (bicyclic) bond motifs is 1. The molecule has 5 heteroatoms. The second-order valence-corrected chi connectivity index (χ2v) is 6.13. The molecule has 1 aromatic heterocycles. The lowest BCUT2D eigenvalue weighted by molar-refractivity contribution is 0.0937. The molecule has 0 N–H and O–H groups in total. The summed E-state index contributed by atoms with van der Waals surface area (Å²) in [4.78, 5) is 17.3. The fraction of sp³-hybridized carbons (Fsp3) is 0.467. The van der Waals surface area contributed by atoms with E-state index in [1.807, 2.05) is 24.3 Å². The lowest BCUT2D eigenvalue weighted by Gasteiger charge is -2.16. The van der Waals surface area contributed by atoms with Gasteiger partial charge in [-0.05, 0) is 30.7 Å². The molecule has 0 spiro atoms. The van der Waals surface area contributed by atoms with Crippen LogP contribution in [0.2, 0.25) is 0 Å². The molecule has 20 heavy (non-hydrogen) atoms. The highest BCUT2D eigenvalue weighted by atomic mass is 32.2. The van der Waals surface area contributed by atoms with Crippen LogP contribution in [-0.4, -0.2) is 28.0 Å². The molecule has 0 amide bonds. The van der Waals surface area contributed by atoms with Gasteiger partial charge in [0.1, 0.15) is 0 Å². The summed E-state index contributed by atoms with van der Waals surface area (Å²) in [5, 5.41) is 1.48. The maximum absolute atomic E-state index is 12.7. The predicted molar refractivity (Wildman–Crippen MR) is 81.4 cm³/mol. The number of benzene rings is 1. The average molecular weight is 290 g/mol. The van der Waals surface area contributed by atoms with Gasteiger partial charge in [0.25, 0.3) is 5.56 Å². The van der Waals surface area contributed by atoms with Gasteiger partial charge in [0.15, 0.2) is 5.16 Å². The van der Waals surface area contributed by atoms with Crippen LogP contribution in [0.1, 0.15) is 19.8 Å². The van der Waals surface area contributed by atoms with E-state index in [4.69, 9.17) is 4.74 Å². The lowest BCUT2D eigenvalue weighted by Crippen LogP contribution is -2.28. The fourth-order valence-corrected chi connectivity index (χ4v) is 3.27. The summed E-state index contributed by atoms with van der Waals surface area (Å²) >= 11 is 1.61. The number of hydrogen-bond donors (Lipinski definition) is 0. The van der Waals surface area contributed by atoms with Gasteiger partial charge in [-0.15, -0.1) is 0 Å². The molecule has 1 aliphatic rings. The normalized spacial score (nSPS) is 18.8. The zero-order valence-electron chi connectivity index (χ0n) is 11.5. The molecule has 106 valence electrons. The minimum absolute atomic E-state index is 0.0436. The zero-order chi connectivity index (χ0) is 13.9. The Morgan fingerprint density at radius 2 is 2.30 bits per heavy atom. The Labute approximate surface area is 122 Å². The molecule has 1 aliphatic heterocycles. The van der Waals surface area contributed by atoms with Crippen LogP contribution >= 0.6 is 11.8 Å². The van der Waals surface area contributed by atoms with Crippen molar-refractivity contribution in [3.8, 4) is 0 Å². The van der Waals surface area contributed by atoms with E-state index in [0.29, 0.717) is 11.9 Å². The maximum atomic E-state index is 12.7. The Morgan fingerprint density at radius 3 is 3.05 bits per heavy atom. The molecular formula is C15H18N2O2S. The molecule has 0 saturated carbocycles. The second kappa shape index (κ2) is 5.97. The minimum atomic E-state index is 0.0436.